The van der Waals surface area contributed by atoms with Crippen LogP contribution in [0.2, 0.25) is 0 Å². The number of benzene rings is 1. The van der Waals surface area contributed by atoms with Gasteiger partial charge < -0.3 is 20.8 Å². The Labute approximate surface area is 129 Å². The van der Waals surface area contributed by atoms with Crippen LogP contribution in [0.3, 0.4) is 0 Å². The Kier molecular flexibility index (Phi) is 6.16. The molecule has 1 atom stereocenters. The van der Waals surface area contributed by atoms with Gasteiger partial charge in [-0.2, -0.15) is 0 Å². The first kappa shape index (κ1) is 17.0. The van der Waals surface area contributed by atoms with Crippen LogP contribution in [0.5, 0.6) is 0 Å². The van der Waals surface area contributed by atoms with Crippen LogP contribution in [0, 0.1) is 6.92 Å². The lowest BCUT2D eigenvalue weighted by Crippen LogP contribution is -2.43. The van der Waals surface area contributed by atoms with Crippen LogP contribution in [0.1, 0.15) is 18.4 Å². The number of carboxylic acid groups (broad SMARTS) is 2. The van der Waals surface area contributed by atoms with Crippen molar-refractivity contribution in [1.82, 2.24) is 5.32 Å². The molecule has 0 saturated heterocycles. The number of hydrogen-bond donors (Lipinski definition) is 4. The van der Waals surface area contributed by atoms with Crippen LogP contribution in [-0.4, -0.2) is 34.2 Å². The number of rotatable bonds is 6. The summed E-state index contributed by atoms with van der Waals surface area (Å²) in [5.41, 5.74) is 1.34. The van der Waals surface area contributed by atoms with Crippen LogP contribution >= 0.6 is 15.9 Å². The van der Waals surface area contributed by atoms with Crippen molar-refractivity contribution in [3.05, 3.63) is 28.2 Å². The van der Waals surface area contributed by atoms with E-state index >= 15 is 0 Å². The van der Waals surface area contributed by atoms with Gasteiger partial charge in [0.1, 0.15) is 6.04 Å². The van der Waals surface area contributed by atoms with Crippen molar-refractivity contribution < 1.29 is 24.6 Å². The normalized spacial score (nSPS) is 11.5. The second-order valence-electron chi connectivity index (χ2n) is 4.38. The lowest BCUT2D eigenvalue weighted by Gasteiger charge is -2.15. The molecule has 0 radical (unpaired) electrons. The zero-order valence-electron chi connectivity index (χ0n) is 11.2. The Balaban J connectivity index is 2.65. The molecule has 0 bridgehead atoms. The molecule has 0 heterocycles. The van der Waals surface area contributed by atoms with E-state index in [0.29, 0.717) is 5.69 Å². The number of carbonyl (C=O) groups is 3. The zero-order chi connectivity index (χ0) is 16.0. The molecule has 0 aliphatic rings. The Hall–Kier alpha value is -2.09. The Morgan fingerprint density at radius 1 is 1.29 bits per heavy atom. The molecule has 2 amide bonds. The Morgan fingerprint density at radius 2 is 1.95 bits per heavy atom. The fourth-order valence-corrected chi connectivity index (χ4v) is 2.08. The van der Waals surface area contributed by atoms with Crippen molar-refractivity contribution in [2.24, 2.45) is 0 Å². The molecule has 0 aliphatic heterocycles. The van der Waals surface area contributed by atoms with E-state index in [4.69, 9.17) is 10.2 Å². The summed E-state index contributed by atoms with van der Waals surface area (Å²) in [5.74, 6) is -2.40. The highest BCUT2D eigenvalue weighted by molar-refractivity contribution is 9.10. The molecule has 8 heteroatoms. The SMILES string of the molecule is Cc1cc(Br)ccc1NC(=O)NC(CCC(=O)O)C(=O)O. The van der Waals surface area contributed by atoms with Gasteiger partial charge in [-0.1, -0.05) is 15.9 Å². The van der Waals surface area contributed by atoms with Crippen molar-refractivity contribution in [1.29, 1.82) is 0 Å². The van der Waals surface area contributed by atoms with Crippen molar-refractivity contribution >= 4 is 39.6 Å². The molecule has 21 heavy (non-hydrogen) atoms. The molecule has 0 spiro atoms. The molecule has 1 aromatic rings. The summed E-state index contributed by atoms with van der Waals surface area (Å²) in [6, 6.07) is 3.26. The number of nitrogens with one attached hydrogen (secondary N) is 2. The summed E-state index contributed by atoms with van der Waals surface area (Å²) in [4.78, 5) is 33.2. The van der Waals surface area contributed by atoms with E-state index in [9.17, 15) is 14.4 Å². The van der Waals surface area contributed by atoms with Crippen LogP contribution in [0.25, 0.3) is 0 Å². The van der Waals surface area contributed by atoms with Gasteiger partial charge in [-0.05, 0) is 37.1 Å². The average Bonchev–Trinajstić information content (AvgIpc) is 2.37. The first-order chi connectivity index (χ1) is 9.79. The maximum Gasteiger partial charge on any atom is 0.326 e. The van der Waals surface area contributed by atoms with Crippen LogP contribution in [0.15, 0.2) is 22.7 Å². The highest BCUT2D eigenvalue weighted by atomic mass is 79.9. The van der Waals surface area contributed by atoms with Crippen molar-refractivity contribution in [2.75, 3.05) is 5.32 Å². The molecule has 0 saturated carbocycles. The Bertz CT molecular complexity index is 561. The third kappa shape index (κ3) is 5.82. The zero-order valence-corrected chi connectivity index (χ0v) is 12.8. The summed E-state index contributed by atoms with van der Waals surface area (Å²) in [7, 11) is 0. The van der Waals surface area contributed by atoms with Gasteiger partial charge in [0.2, 0.25) is 0 Å². The minimum Gasteiger partial charge on any atom is -0.481 e. The van der Waals surface area contributed by atoms with Crippen molar-refractivity contribution in [3.63, 3.8) is 0 Å². The van der Waals surface area contributed by atoms with Gasteiger partial charge in [-0.25, -0.2) is 9.59 Å². The molecule has 7 nitrogen and oxygen atoms in total. The summed E-state index contributed by atoms with van der Waals surface area (Å²) in [6.45, 7) is 1.79. The van der Waals surface area contributed by atoms with Gasteiger partial charge in [0.05, 0.1) is 0 Å². The second kappa shape index (κ2) is 7.63. The first-order valence-corrected chi connectivity index (χ1v) is 6.87. The van der Waals surface area contributed by atoms with Gasteiger partial charge in [0, 0.05) is 16.6 Å². The van der Waals surface area contributed by atoms with E-state index in [1.807, 2.05) is 0 Å². The highest BCUT2D eigenvalue weighted by Crippen LogP contribution is 2.19. The van der Waals surface area contributed by atoms with Crippen LogP contribution in [-0.2, 0) is 9.59 Å². The van der Waals surface area contributed by atoms with Gasteiger partial charge in [0.15, 0.2) is 0 Å². The number of halogens is 1. The molecule has 1 aromatic carbocycles. The standard InChI is InChI=1S/C13H15BrN2O5/c1-7-6-8(14)2-3-9(7)15-13(21)16-10(12(19)20)4-5-11(17)18/h2-3,6,10H,4-5H2,1H3,(H,17,18)(H,19,20)(H2,15,16,21). The second-order valence-corrected chi connectivity index (χ2v) is 5.30. The van der Waals surface area contributed by atoms with Gasteiger partial charge >= 0.3 is 18.0 Å². The Morgan fingerprint density at radius 3 is 2.48 bits per heavy atom. The van der Waals surface area contributed by atoms with E-state index < -0.39 is 24.0 Å². The van der Waals surface area contributed by atoms with E-state index in [2.05, 4.69) is 26.6 Å². The summed E-state index contributed by atoms with van der Waals surface area (Å²) in [5, 5.41) is 22.3. The molecule has 0 fully saturated rings. The predicted octanol–water partition coefficient (Wildman–Crippen LogP) is 2.20. The van der Waals surface area contributed by atoms with Crippen molar-refractivity contribution in [2.45, 2.75) is 25.8 Å². The van der Waals surface area contributed by atoms with Gasteiger partial charge in [-0.15, -0.1) is 0 Å². The molecule has 4 N–H and O–H groups in total. The van der Waals surface area contributed by atoms with E-state index in [1.54, 1.807) is 25.1 Å². The highest BCUT2D eigenvalue weighted by Gasteiger charge is 2.21. The molecule has 114 valence electrons. The smallest absolute Gasteiger partial charge is 0.326 e. The fraction of sp³-hybridized carbons (Fsp3) is 0.308. The fourth-order valence-electron chi connectivity index (χ4n) is 1.61. The lowest BCUT2D eigenvalue weighted by atomic mass is 10.1. The summed E-state index contributed by atoms with van der Waals surface area (Å²) in [6.07, 6.45) is -0.522. The minimum absolute atomic E-state index is 0.183. The third-order valence-corrected chi connectivity index (χ3v) is 3.18. The van der Waals surface area contributed by atoms with E-state index in [0.717, 1.165) is 10.0 Å². The minimum atomic E-state index is -1.28. The first-order valence-electron chi connectivity index (χ1n) is 6.08. The predicted molar refractivity (Wildman–Crippen MR) is 79.3 cm³/mol. The summed E-state index contributed by atoms with van der Waals surface area (Å²) >= 11 is 3.29. The number of carbonyl (C=O) groups excluding carboxylic acids is 1. The molecular weight excluding hydrogens is 344 g/mol. The number of aliphatic carboxylic acids is 2. The largest absolute Gasteiger partial charge is 0.481 e. The van der Waals surface area contributed by atoms with E-state index in [-0.39, 0.29) is 12.8 Å². The topological polar surface area (TPSA) is 116 Å². The number of urea groups is 1. The van der Waals surface area contributed by atoms with Gasteiger partial charge in [0.25, 0.3) is 0 Å². The molecule has 1 unspecified atom stereocenters. The number of hydrogen-bond acceptors (Lipinski definition) is 3. The summed E-state index contributed by atoms with van der Waals surface area (Å²) < 4.78 is 0.857. The number of aryl methyl sites for hydroxylation is 1. The quantitative estimate of drug-likeness (QED) is 0.622. The lowest BCUT2D eigenvalue weighted by molar-refractivity contribution is -0.140. The van der Waals surface area contributed by atoms with Crippen molar-refractivity contribution in [3.8, 4) is 0 Å². The maximum absolute atomic E-state index is 11.8. The molecule has 0 aromatic heterocycles. The van der Waals surface area contributed by atoms with Crippen LogP contribution < -0.4 is 10.6 Å². The monoisotopic (exact) mass is 358 g/mol. The number of carboxylic acids is 2. The van der Waals surface area contributed by atoms with Crippen LogP contribution in [0.4, 0.5) is 10.5 Å². The van der Waals surface area contributed by atoms with Gasteiger partial charge in [-0.3, -0.25) is 4.79 Å². The molecular formula is C13H15BrN2O5. The molecule has 0 aliphatic carbocycles. The number of anilines is 1. The number of amides is 2. The average molecular weight is 359 g/mol. The maximum atomic E-state index is 11.8. The van der Waals surface area contributed by atoms with E-state index in [1.165, 1.54) is 0 Å². The molecule has 1 rings (SSSR count). The third-order valence-electron chi connectivity index (χ3n) is 2.69.